The lowest BCUT2D eigenvalue weighted by Crippen LogP contribution is -2.61. The van der Waals surface area contributed by atoms with Gasteiger partial charge < -0.3 is 45.8 Å². The molecule has 350 valence electrons. The molecule has 5 rings (SSSR count). The average Bonchev–Trinajstić information content (AvgIpc) is 3.78. The molecule has 0 bridgehead atoms. The van der Waals surface area contributed by atoms with Gasteiger partial charge in [-0.15, -0.1) is 0 Å². The Morgan fingerprint density at radius 2 is 1.15 bits per heavy atom. The quantitative estimate of drug-likeness (QED) is 0.203. The van der Waals surface area contributed by atoms with Crippen LogP contribution in [0.1, 0.15) is 70.1 Å². The summed E-state index contributed by atoms with van der Waals surface area (Å²) in [6.45, 7) is 7.22. The van der Waals surface area contributed by atoms with E-state index in [9.17, 15) is 43.8 Å². The number of phenolic OH excluding ortho intramolecular Hbond substituents is 2. The van der Waals surface area contributed by atoms with Gasteiger partial charge in [0.15, 0.2) is 0 Å². The first-order chi connectivity index (χ1) is 30.9. The number of aromatic hydroxyl groups is 2. The van der Waals surface area contributed by atoms with E-state index >= 15 is 0 Å². The fraction of sp³-hybridized carbons (Fsp3) is 0.490. The van der Waals surface area contributed by atoms with Crippen molar-refractivity contribution in [2.24, 2.45) is 11.8 Å². The monoisotopic (exact) mass is 895 g/mol. The normalized spacial score (nSPS) is 24.0. The van der Waals surface area contributed by atoms with E-state index in [-0.39, 0.29) is 49.6 Å². The minimum Gasteiger partial charge on any atom is -0.508 e. The second-order valence-electron chi connectivity index (χ2n) is 17.9. The Balaban J connectivity index is 1.61. The molecule has 3 aromatic carbocycles. The van der Waals surface area contributed by atoms with Crippen LogP contribution in [0.3, 0.4) is 0 Å². The molecule has 5 N–H and O–H groups in total. The predicted molar refractivity (Wildman–Crippen MR) is 244 cm³/mol. The van der Waals surface area contributed by atoms with Crippen molar-refractivity contribution in [3.05, 3.63) is 95.6 Å². The highest BCUT2D eigenvalue weighted by atomic mass is 16.3. The molecule has 3 aromatic rings. The first-order valence-electron chi connectivity index (χ1n) is 22.5. The summed E-state index contributed by atoms with van der Waals surface area (Å²) in [6, 6.07) is 14.7. The topological polar surface area (TPSA) is 209 Å². The molecule has 2 saturated heterocycles. The smallest absolute Gasteiger partial charge is 0.246 e. The molecule has 0 aliphatic carbocycles. The number of carbonyl (C=O) groups is 7. The van der Waals surface area contributed by atoms with Gasteiger partial charge in [-0.25, -0.2) is 0 Å². The Hall–Kier alpha value is -6.45. The Labute approximate surface area is 381 Å². The van der Waals surface area contributed by atoms with Crippen LogP contribution in [0.25, 0.3) is 0 Å². The lowest BCUT2D eigenvalue weighted by Gasteiger charge is -2.36. The number of carbonyl (C=O) groups excluding carboxylic acids is 7. The first-order valence-corrected chi connectivity index (χ1v) is 22.5. The minimum atomic E-state index is -1.22. The van der Waals surface area contributed by atoms with Crippen LogP contribution >= 0.6 is 0 Å². The van der Waals surface area contributed by atoms with Gasteiger partial charge in [-0.1, -0.05) is 88.7 Å². The average molecular weight is 896 g/mol. The number of hydrogen-bond acceptors (Lipinski definition) is 9. The maximum atomic E-state index is 14.8. The first kappa shape index (κ1) is 49.6. The fourth-order valence-electron chi connectivity index (χ4n) is 8.53. The zero-order chi connectivity index (χ0) is 47.5. The van der Waals surface area contributed by atoms with E-state index in [1.54, 1.807) is 55.5 Å². The molecule has 2 heterocycles. The van der Waals surface area contributed by atoms with Crippen LogP contribution in [0.4, 0.5) is 0 Å². The molecule has 2 fully saturated rings. The summed E-state index contributed by atoms with van der Waals surface area (Å²) in [7, 11) is 4.39. The molecule has 65 heavy (non-hydrogen) atoms. The van der Waals surface area contributed by atoms with Crippen LogP contribution in [0.2, 0.25) is 0 Å². The summed E-state index contributed by atoms with van der Waals surface area (Å²) in [6.07, 6.45) is 1.49. The number of fused-ring (bicyclic) bond motifs is 1. The number of hydrogen-bond donors (Lipinski definition) is 5. The highest BCUT2D eigenvalue weighted by molar-refractivity contribution is 5.98. The number of nitrogens with zero attached hydrogens (tertiary/aromatic N) is 4. The van der Waals surface area contributed by atoms with Crippen molar-refractivity contribution in [2.75, 3.05) is 34.2 Å². The van der Waals surface area contributed by atoms with Gasteiger partial charge in [0.05, 0.1) is 6.54 Å². The molecule has 16 heteroatoms. The highest BCUT2D eigenvalue weighted by Crippen LogP contribution is 2.25. The van der Waals surface area contributed by atoms with Gasteiger partial charge in [-0.3, -0.25) is 33.6 Å². The third-order valence-corrected chi connectivity index (χ3v) is 12.6. The molecule has 0 radical (unpaired) electrons. The summed E-state index contributed by atoms with van der Waals surface area (Å²) >= 11 is 0. The zero-order valence-electron chi connectivity index (χ0n) is 38.5. The van der Waals surface area contributed by atoms with E-state index in [0.29, 0.717) is 30.4 Å². The molecule has 7 amide bonds. The minimum absolute atomic E-state index is 0.00460. The number of nitrogens with one attached hydrogen (secondary N) is 3. The Morgan fingerprint density at radius 3 is 1.72 bits per heavy atom. The number of phenols is 2. The van der Waals surface area contributed by atoms with Crippen molar-refractivity contribution in [1.82, 2.24) is 35.6 Å². The highest BCUT2D eigenvalue weighted by Gasteiger charge is 2.43. The molecule has 0 saturated carbocycles. The molecule has 2 aliphatic rings. The lowest BCUT2D eigenvalue weighted by molar-refractivity contribution is -0.150. The second-order valence-corrected chi connectivity index (χ2v) is 17.9. The van der Waals surface area contributed by atoms with Crippen molar-refractivity contribution in [3.8, 4) is 11.5 Å². The Kier molecular flexibility index (Phi) is 17.1. The van der Waals surface area contributed by atoms with Gasteiger partial charge in [0.25, 0.3) is 0 Å². The van der Waals surface area contributed by atoms with Gasteiger partial charge in [0.1, 0.15) is 47.8 Å². The number of rotatable bonds is 10. The Bertz CT molecular complexity index is 2150. The molecule has 16 nitrogen and oxygen atoms in total. The van der Waals surface area contributed by atoms with Gasteiger partial charge >= 0.3 is 0 Å². The van der Waals surface area contributed by atoms with E-state index in [1.807, 2.05) is 26.8 Å². The van der Waals surface area contributed by atoms with E-state index in [2.05, 4.69) is 16.0 Å². The molecule has 7 atom stereocenters. The number of benzene rings is 3. The van der Waals surface area contributed by atoms with Crippen LogP contribution in [0.5, 0.6) is 11.5 Å². The van der Waals surface area contributed by atoms with Crippen molar-refractivity contribution >= 4 is 41.4 Å². The Morgan fingerprint density at radius 1 is 0.615 bits per heavy atom. The number of likely N-dealkylation sites (N-methyl/N-ethyl adjacent to an activating group) is 3. The SMILES string of the molecule is CC[C@H](C)[C@@H]1NC(=O)[C@H](Cc2ccc(O)cc2)N(C)C(=O)[C@H](Cc2ccccc2)NC(=O)CN(C)C(=O)[C@@H]2CCCN2C(=O)[C@H](Cc2ccc(O)cc2)N(C)C(=O)[C@H](CC(C)C)NC1=O. The largest absolute Gasteiger partial charge is 0.508 e. The maximum absolute atomic E-state index is 14.8. The van der Waals surface area contributed by atoms with Gasteiger partial charge in [0, 0.05) is 47.0 Å². The molecule has 0 spiro atoms. The summed E-state index contributed by atoms with van der Waals surface area (Å²) in [5.41, 5.74) is 1.96. The van der Waals surface area contributed by atoms with Crippen LogP contribution in [0, 0.1) is 11.8 Å². The summed E-state index contributed by atoms with van der Waals surface area (Å²) in [4.78, 5) is 107. The molecular weight excluding hydrogens is 831 g/mol. The van der Waals surface area contributed by atoms with Gasteiger partial charge in [0.2, 0.25) is 41.4 Å². The van der Waals surface area contributed by atoms with Gasteiger partial charge in [-0.05, 0) is 72.1 Å². The number of amides is 7. The van der Waals surface area contributed by atoms with Gasteiger partial charge in [-0.2, -0.15) is 0 Å². The van der Waals surface area contributed by atoms with E-state index in [1.165, 1.54) is 65.0 Å². The van der Waals surface area contributed by atoms with Crippen LogP contribution < -0.4 is 16.0 Å². The fourth-order valence-corrected chi connectivity index (χ4v) is 8.53. The zero-order valence-corrected chi connectivity index (χ0v) is 38.5. The molecule has 2 aliphatic heterocycles. The van der Waals surface area contributed by atoms with Crippen LogP contribution in [-0.2, 0) is 52.8 Å². The van der Waals surface area contributed by atoms with Crippen LogP contribution in [0.15, 0.2) is 78.9 Å². The molecular formula is C49H65N7O9. The summed E-state index contributed by atoms with van der Waals surface area (Å²) in [5.74, 6) is -4.62. The van der Waals surface area contributed by atoms with Crippen molar-refractivity contribution in [1.29, 1.82) is 0 Å². The van der Waals surface area contributed by atoms with Crippen molar-refractivity contribution in [2.45, 2.75) is 109 Å². The molecule has 0 unspecified atom stereocenters. The van der Waals surface area contributed by atoms with Crippen molar-refractivity contribution in [3.63, 3.8) is 0 Å². The summed E-state index contributed by atoms with van der Waals surface area (Å²) < 4.78 is 0. The van der Waals surface area contributed by atoms with Crippen molar-refractivity contribution < 1.29 is 43.8 Å². The van der Waals surface area contributed by atoms with E-state index < -0.39 is 90.1 Å². The maximum Gasteiger partial charge on any atom is 0.246 e. The standard InChI is InChI=1S/C49H65N7O9/c1-8-31(4)43-45(61)51-37(25-30(2)3)46(62)55(7)41(28-34-18-22-36(58)23-19-34)49(65)56-24-12-15-39(56)48(64)53(5)29-42(59)50-38(26-32-13-10-9-11-14-32)47(63)54(6)40(44(60)52-43)27-33-16-20-35(57)21-17-33/h9-11,13-14,16-23,30-31,37-41,43,57-58H,8,12,15,24-29H2,1-7H3,(H,50,59)(H,51,61)(H,52,60)/t31-,37-,38-,39-,40-,41-,43-/m0/s1. The van der Waals surface area contributed by atoms with E-state index in [4.69, 9.17) is 0 Å². The van der Waals surface area contributed by atoms with E-state index in [0.717, 1.165) is 5.56 Å². The third-order valence-electron chi connectivity index (χ3n) is 12.6. The third kappa shape index (κ3) is 12.9. The predicted octanol–water partition coefficient (Wildman–Crippen LogP) is 2.79. The summed E-state index contributed by atoms with van der Waals surface area (Å²) in [5, 5.41) is 28.7. The van der Waals surface area contributed by atoms with Crippen LogP contribution in [-0.4, -0.2) is 142 Å². The molecule has 0 aromatic heterocycles. The lowest BCUT2D eigenvalue weighted by atomic mass is 9.95. The second kappa shape index (κ2) is 22.4.